The third-order valence-electron chi connectivity index (χ3n) is 2.58. The van der Waals surface area contributed by atoms with Crippen LogP contribution >= 0.6 is 15.9 Å². The average Bonchev–Trinajstić information content (AvgIpc) is 2.87. The van der Waals surface area contributed by atoms with Gasteiger partial charge >= 0.3 is 0 Å². The number of hydrogen-bond donors (Lipinski definition) is 0. The second kappa shape index (κ2) is 4.89. The summed E-state index contributed by atoms with van der Waals surface area (Å²) in [6.45, 7) is 0. The van der Waals surface area contributed by atoms with Gasteiger partial charge in [0.25, 0.3) is 5.69 Å². The molecule has 8 heteroatoms. The molecule has 0 aliphatic heterocycles. The van der Waals surface area contributed by atoms with Crippen molar-refractivity contribution >= 4 is 27.1 Å². The average molecular weight is 335 g/mol. The largest absolute Gasteiger partial charge is 0.437 e. The highest BCUT2D eigenvalue weighted by Crippen LogP contribution is 2.28. The molecular weight excluding hydrogens is 328 g/mol. The van der Waals surface area contributed by atoms with Crippen molar-refractivity contribution in [2.75, 3.05) is 0 Å². The fraction of sp³-hybridized carbons (Fsp3) is 0. The van der Waals surface area contributed by atoms with Crippen LogP contribution in [0, 0.1) is 10.1 Å². The molecule has 0 amide bonds. The molecule has 0 unspecified atom stereocenters. The van der Waals surface area contributed by atoms with E-state index in [4.69, 9.17) is 4.74 Å². The highest BCUT2D eigenvalue weighted by molar-refractivity contribution is 9.10. The second-order valence-electron chi connectivity index (χ2n) is 3.90. The zero-order chi connectivity index (χ0) is 14.1. The van der Waals surface area contributed by atoms with Crippen LogP contribution in [0.5, 0.6) is 11.6 Å². The highest BCUT2D eigenvalue weighted by atomic mass is 79.9. The molecule has 0 aliphatic carbocycles. The maximum atomic E-state index is 10.6. The number of nitro groups is 1. The van der Waals surface area contributed by atoms with E-state index in [1.807, 2.05) is 0 Å². The molecule has 20 heavy (non-hydrogen) atoms. The van der Waals surface area contributed by atoms with Gasteiger partial charge in [-0.15, -0.1) is 0 Å². The minimum absolute atomic E-state index is 0.0823. The molecule has 100 valence electrons. The Hall–Kier alpha value is -2.48. The lowest BCUT2D eigenvalue weighted by Gasteiger charge is -2.06. The number of hydrogen-bond acceptors (Lipinski definition) is 5. The predicted octanol–water partition coefficient (Wildman–Crippen LogP) is 3.19. The third kappa shape index (κ3) is 2.32. The van der Waals surface area contributed by atoms with Crippen molar-refractivity contribution in [3.8, 4) is 11.6 Å². The van der Waals surface area contributed by atoms with Crippen molar-refractivity contribution in [1.29, 1.82) is 0 Å². The molecule has 7 nitrogen and oxygen atoms in total. The Morgan fingerprint density at radius 2 is 2.20 bits per heavy atom. The van der Waals surface area contributed by atoms with Gasteiger partial charge in [-0.3, -0.25) is 10.1 Å². The van der Waals surface area contributed by atoms with Crippen molar-refractivity contribution in [2.45, 2.75) is 0 Å². The summed E-state index contributed by atoms with van der Waals surface area (Å²) in [7, 11) is 0. The first kappa shape index (κ1) is 12.5. The van der Waals surface area contributed by atoms with Crippen LogP contribution in [-0.4, -0.2) is 19.5 Å². The molecule has 0 bridgehead atoms. The van der Waals surface area contributed by atoms with Crippen LogP contribution in [-0.2, 0) is 0 Å². The number of pyridine rings is 2. The van der Waals surface area contributed by atoms with Crippen LogP contribution in [0.4, 0.5) is 5.69 Å². The van der Waals surface area contributed by atoms with Gasteiger partial charge in [0.1, 0.15) is 11.7 Å². The second-order valence-corrected chi connectivity index (χ2v) is 4.81. The van der Waals surface area contributed by atoms with Gasteiger partial charge in [-0.05, 0) is 28.1 Å². The van der Waals surface area contributed by atoms with Gasteiger partial charge in [0.05, 0.1) is 11.1 Å². The van der Waals surface area contributed by atoms with Gasteiger partial charge in [-0.1, -0.05) is 0 Å². The molecular formula is C12H7BrN4O3. The molecule has 0 saturated carbocycles. The first-order valence-corrected chi connectivity index (χ1v) is 6.34. The summed E-state index contributed by atoms with van der Waals surface area (Å²) in [6, 6.07) is 6.37. The smallest absolute Gasteiger partial charge is 0.287 e. The lowest BCUT2D eigenvalue weighted by molar-refractivity contribution is -0.385. The molecule has 0 fully saturated rings. The first-order chi connectivity index (χ1) is 9.63. The van der Waals surface area contributed by atoms with Crippen molar-refractivity contribution in [2.24, 2.45) is 0 Å². The normalized spacial score (nSPS) is 10.7. The van der Waals surface area contributed by atoms with Gasteiger partial charge in [0, 0.05) is 22.8 Å². The summed E-state index contributed by atoms with van der Waals surface area (Å²) in [5.74, 6) is 0.829. The number of aromatic nitrogens is 3. The highest BCUT2D eigenvalue weighted by Gasteiger charge is 2.09. The molecule has 3 aromatic rings. The van der Waals surface area contributed by atoms with Gasteiger partial charge in [-0.25, -0.2) is 9.50 Å². The van der Waals surface area contributed by atoms with Crippen molar-refractivity contribution in [3.05, 3.63) is 57.4 Å². The first-order valence-electron chi connectivity index (χ1n) is 5.55. The number of ether oxygens (including phenoxy) is 1. The molecule has 0 N–H and O–H groups in total. The number of fused-ring (bicyclic) bond motifs is 1. The van der Waals surface area contributed by atoms with E-state index in [9.17, 15) is 10.1 Å². The quantitative estimate of drug-likeness (QED) is 0.542. The molecule has 0 radical (unpaired) electrons. The molecule has 0 aliphatic rings. The van der Waals surface area contributed by atoms with Gasteiger partial charge in [0.2, 0.25) is 5.88 Å². The van der Waals surface area contributed by atoms with Gasteiger partial charge < -0.3 is 4.74 Å². The summed E-state index contributed by atoms with van der Waals surface area (Å²) in [6.07, 6.45) is 4.60. The summed E-state index contributed by atoms with van der Waals surface area (Å²) in [4.78, 5) is 14.0. The third-order valence-corrected chi connectivity index (χ3v) is 3.02. The van der Waals surface area contributed by atoms with E-state index >= 15 is 0 Å². The lowest BCUT2D eigenvalue weighted by atomic mass is 10.3. The summed E-state index contributed by atoms with van der Waals surface area (Å²) < 4.78 is 8.10. The van der Waals surface area contributed by atoms with Crippen LogP contribution in [0.15, 0.2) is 47.3 Å². The Kier molecular flexibility index (Phi) is 3.07. The maximum Gasteiger partial charge on any atom is 0.287 e. The standard InChI is InChI=1S/C12H7BrN4O3/c13-8-5-11(10-3-4-15-16(10)7-8)20-12-2-1-9(6-14-12)17(18)19/h1-7H. The maximum absolute atomic E-state index is 10.6. The monoisotopic (exact) mass is 334 g/mol. The molecule has 3 heterocycles. The van der Waals surface area contributed by atoms with Crippen molar-refractivity contribution in [1.82, 2.24) is 14.6 Å². The summed E-state index contributed by atoms with van der Waals surface area (Å²) in [5, 5.41) is 14.7. The van der Waals surface area contributed by atoms with Crippen LogP contribution in [0.2, 0.25) is 0 Å². The molecule has 3 rings (SSSR count). The lowest BCUT2D eigenvalue weighted by Crippen LogP contribution is -1.94. The van der Waals surface area contributed by atoms with Gasteiger partial charge in [0.15, 0.2) is 5.75 Å². The van der Waals surface area contributed by atoms with E-state index in [2.05, 4.69) is 26.0 Å². The van der Waals surface area contributed by atoms with Crippen molar-refractivity contribution in [3.63, 3.8) is 0 Å². The number of rotatable bonds is 3. The molecule has 3 aromatic heterocycles. The van der Waals surface area contributed by atoms with Crippen LogP contribution < -0.4 is 4.74 Å². The Morgan fingerprint density at radius 3 is 2.90 bits per heavy atom. The minimum atomic E-state index is -0.509. The van der Waals surface area contributed by atoms with E-state index in [0.29, 0.717) is 5.75 Å². The van der Waals surface area contributed by atoms with E-state index in [-0.39, 0.29) is 11.6 Å². The van der Waals surface area contributed by atoms with Crippen LogP contribution in [0.25, 0.3) is 5.52 Å². The molecule has 0 aromatic carbocycles. The number of halogens is 1. The SMILES string of the molecule is O=[N+]([O-])c1ccc(Oc2cc(Br)cn3nccc23)nc1. The molecule has 0 atom stereocenters. The molecule has 0 saturated heterocycles. The Balaban J connectivity index is 1.96. The Morgan fingerprint density at radius 1 is 1.35 bits per heavy atom. The van der Waals surface area contributed by atoms with Crippen LogP contribution in [0.3, 0.4) is 0 Å². The Bertz CT molecular complexity index is 785. The van der Waals surface area contributed by atoms with E-state index in [1.165, 1.54) is 12.1 Å². The van der Waals surface area contributed by atoms with E-state index in [0.717, 1.165) is 16.2 Å². The zero-order valence-electron chi connectivity index (χ0n) is 9.93. The van der Waals surface area contributed by atoms with E-state index < -0.39 is 4.92 Å². The van der Waals surface area contributed by atoms with Gasteiger partial charge in [-0.2, -0.15) is 5.10 Å². The zero-order valence-corrected chi connectivity index (χ0v) is 11.5. The number of nitrogens with zero attached hydrogens (tertiary/aromatic N) is 4. The minimum Gasteiger partial charge on any atom is -0.437 e. The fourth-order valence-electron chi connectivity index (χ4n) is 1.70. The van der Waals surface area contributed by atoms with Crippen LogP contribution in [0.1, 0.15) is 0 Å². The Labute approximate surface area is 121 Å². The van der Waals surface area contributed by atoms with Crippen molar-refractivity contribution < 1.29 is 9.66 Å². The molecule has 0 spiro atoms. The summed E-state index contributed by atoms with van der Waals surface area (Å²) in [5.41, 5.74) is 0.689. The van der Waals surface area contributed by atoms with E-state index in [1.54, 1.807) is 29.0 Å². The summed E-state index contributed by atoms with van der Waals surface area (Å²) >= 11 is 3.36. The fourth-order valence-corrected chi connectivity index (χ4v) is 2.10. The topological polar surface area (TPSA) is 82.6 Å². The predicted molar refractivity (Wildman–Crippen MR) is 73.9 cm³/mol.